The lowest BCUT2D eigenvalue weighted by Gasteiger charge is -2.49. The van der Waals surface area contributed by atoms with E-state index in [-0.39, 0.29) is 16.5 Å². The summed E-state index contributed by atoms with van der Waals surface area (Å²) in [5, 5.41) is 16.1. The lowest BCUT2D eigenvalue weighted by molar-refractivity contribution is -0.154. The van der Waals surface area contributed by atoms with E-state index in [2.05, 4.69) is 57.1 Å². The molecular formula is C52H45N7O7S4. The van der Waals surface area contributed by atoms with Crippen LogP contribution >= 0.6 is 46.6 Å². The summed E-state index contributed by atoms with van der Waals surface area (Å²) in [6.07, 6.45) is 0.356. The van der Waals surface area contributed by atoms with Gasteiger partial charge in [-0.1, -0.05) is 169 Å². The number of ketones is 1. The van der Waals surface area contributed by atoms with Gasteiger partial charge in [-0.05, 0) is 48.6 Å². The van der Waals surface area contributed by atoms with Gasteiger partial charge in [0.15, 0.2) is 11.2 Å². The second kappa shape index (κ2) is 20.9. The number of nitrogens with one attached hydrogen (secondary N) is 2. The summed E-state index contributed by atoms with van der Waals surface area (Å²) in [4.78, 5) is 73.9. The maximum Gasteiger partial charge on any atom is 0.413 e. The maximum atomic E-state index is 14.7. The highest BCUT2D eigenvalue weighted by atomic mass is 32.2. The molecule has 1 fully saturated rings. The Kier molecular flexibility index (Phi) is 14.4. The van der Waals surface area contributed by atoms with E-state index < -0.39 is 58.3 Å². The number of esters is 1. The SMILES string of the molecule is CC(C)(C)OC(=O)Nc1nc(C(=O)C(=O)N[C@@H]2C(=O)N3C(C(=O)OC(c4ccccc4)c4ccccc4)=C(SCSc4cn(C(c5ccccc5)(c5ccccc5)c5ccccc5)nn4)CS[C@H]23)cs1. The third kappa shape index (κ3) is 10.2. The maximum absolute atomic E-state index is 14.7. The number of hydrogen-bond acceptors (Lipinski definition) is 14. The van der Waals surface area contributed by atoms with Gasteiger partial charge in [-0.3, -0.25) is 24.6 Å². The van der Waals surface area contributed by atoms with Crippen molar-refractivity contribution in [2.75, 3.05) is 16.2 Å². The first kappa shape index (κ1) is 48.1. The summed E-state index contributed by atoms with van der Waals surface area (Å²) < 4.78 is 13.5. The molecule has 4 heterocycles. The van der Waals surface area contributed by atoms with Crippen molar-refractivity contribution in [2.24, 2.45) is 0 Å². The van der Waals surface area contributed by atoms with Crippen molar-refractivity contribution < 1.29 is 33.4 Å². The van der Waals surface area contributed by atoms with Crippen molar-refractivity contribution in [1.82, 2.24) is 30.2 Å². The highest BCUT2D eigenvalue weighted by Crippen LogP contribution is 2.46. The van der Waals surface area contributed by atoms with E-state index in [1.165, 1.54) is 45.6 Å². The highest BCUT2D eigenvalue weighted by Gasteiger charge is 2.55. The zero-order valence-corrected chi connectivity index (χ0v) is 41.2. The van der Waals surface area contributed by atoms with E-state index in [1.807, 2.05) is 126 Å². The van der Waals surface area contributed by atoms with Crippen LogP contribution < -0.4 is 10.6 Å². The van der Waals surface area contributed by atoms with Gasteiger partial charge in [-0.2, -0.15) is 0 Å². The van der Waals surface area contributed by atoms with E-state index in [4.69, 9.17) is 14.7 Å². The Labute approximate surface area is 420 Å². The topological polar surface area (TPSA) is 175 Å². The molecular weight excluding hydrogens is 963 g/mol. The van der Waals surface area contributed by atoms with E-state index >= 15 is 0 Å². The Bertz CT molecular complexity index is 2910. The molecule has 0 spiro atoms. The number of anilines is 1. The fraction of sp³-hybridized carbons (Fsp3) is 0.192. The molecule has 2 aliphatic rings. The predicted molar refractivity (Wildman–Crippen MR) is 272 cm³/mol. The van der Waals surface area contributed by atoms with Gasteiger partial charge in [0, 0.05) is 16.0 Å². The minimum absolute atomic E-state index is 0.0594. The van der Waals surface area contributed by atoms with E-state index in [1.54, 1.807) is 20.8 Å². The molecule has 0 aliphatic carbocycles. The first-order valence-electron chi connectivity index (χ1n) is 22.0. The van der Waals surface area contributed by atoms with Gasteiger partial charge in [-0.25, -0.2) is 19.3 Å². The number of benzene rings is 5. The molecule has 2 aromatic heterocycles. The Morgan fingerprint density at radius 1 is 0.771 bits per heavy atom. The first-order valence-corrected chi connectivity index (χ1v) is 25.9. The van der Waals surface area contributed by atoms with Gasteiger partial charge in [-0.15, -0.1) is 40.0 Å². The number of fused-ring (bicyclic) bond motifs is 1. The van der Waals surface area contributed by atoms with Crippen LogP contribution in [-0.2, 0) is 29.4 Å². The first-order chi connectivity index (χ1) is 33.9. The van der Waals surface area contributed by atoms with Crippen LogP contribution in [0.4, 0.5) is 9.93 Å². The summed E-state index contributed by atoms with van der Waals surface area (Å²) in [6.45, 7) is 5.12. The van der Waals surface area contributed by atoms with Crippen LogP contribution in [-0.4, -0.2) is 82.4 Å². The Morgan fingerprint density at radius 3 is 1.86 bits per heavy atom. The van der Waals surface area contributed by atoms with Crippen LogP contribution in [0.25, 0.3) is 0 Å². The average Bonchev–Trinajstić information content (AvgIpc) is 4.06. The zero-order valence-electron chi connectivity index (χ0n) is 38.0. The molecule has 3 amide bonds. The van der Waals surface area contributed by atoms with Gasteiger partial charge < -0.3 is 14.8 Å². The van der Waals surface area contributed by atoms with Gasteiger partial charge in [0.1, 0.15) is 39.0 Å². The molecule has 0 radical (unpaired) electrons. The number of nitrogens with zero attached hydrogens (tertiary/aromatic N) is 5. The van der Waals surface area contributed by atoms with Crippen LogP contribution in [0.3, 0.4) is 0 Å². The van der Waals surface area contributed by atoms with Gasteiger partial charge in [0.2, 0.25) is 0 Å². The van der Waals surface area contributed by atoms with Crippen molar-refractivity contribution in [3.8, 4) is 0 Å². The van der Waals surface area contributed by atoms with Crippen molar-refractivity contribution in [3.63, 3.8) is 0 Å². The predicted octanol–water partition coefficient (Wildman–Crippen LogP) is 9.53. The molecule has 7 aromatic rings. The van der Waals surface area contributed by atoms with Crippen LogP contribution in [0.2, 0.25) is 0 Å². The fourth-order valence-corrected chi connectivity index (χ4v) is 12.4. The number of carbonyl (C=O) groups is 5. The summed E-state index contributed by atoms with van der Waals surface area (Å²) in [6, 6.07) is 48.1. The van der Waals surface area contributed by atoms with E-state index in [0.717, 1.165) is 39.2 Å². The van der Waals surface area contributed by atoms with Crippen LogP contribution in [0.15, 0.2) is 179 Å². The molecule has 354 valence electrons. The fourth-order valence-electron chi connectivity index (χ4n) is 8.16. The van der Waals surface area contributed by atoms with E-state index in [9.17, 15) is 24.0 Å². The number of hydrogen-bond donors (Lipinski definition) is 2. The second-order valence-corrected chi connectivity index (χ2v) is 21.3. The minimum Gasteiger partial charge on any atom is -0.448 e. The molecule has 0 saturated carbocycles. The number of rotatable bonds is 16. The number of aromatic nitrogens is 4. The monoisotopic (exact) mass is 1010 g/mol. The second-order valence-electron chi connectivity index (χ2n) is 16.9. The number of thioether (sulfide) groups is 3. The molecule has 9 rings (SSSR count). The van der Waals surface area contributed by atoms with Crippen molar-refractivity contribution >= 4 is 81.4 Å². The lowest BCUT2D eigenvalue weighted by atomic mass is 9.77. The normalized spacial score (nSPS) is 15.7. The number of β-lactam (4-membered cyclic amide) rings is 1. The third-order valence-corrected chi connectivity index (χ3v) is 15.6. The van der Waals surface area contributed by atoms with Crippen molar-refractivity contribution in [1.29, 1.82) is 0 Å². The third-order valence-electron chi connectivity index (χ3n) is 11.2. The summed E-state index contributed by atoms with van der Waals surface area (Å²) in [7, 11) is 0. The summed E-state index contributed by atoms with van der Waals surface area (Å²) >= 11 is 5.12. The molecule has 2 N–H and O–H groups in total. The quantitative estimate of drug-likeness (QED) is 0.0178. The highest BCUT2D eigenvalue weighted by molar-refractivity contribution is 8.18. The molecule has 2 aliphatic heterocycles. The number of ether oxygens (including phenoxy) is 2. The molecule has 1 saturated heterocycles. The van der Waals surface area contributed by atoms with Crippen LogP contribution in [0, 0.1) is 0 Å². The van der Waals surface area contributed by atoms with Crippen molar-refractivity contribution in [2.45, 2.75) is 54.5 Å². The molecule has 18 heteroatoms. The summed E-state index contributed by atoms with van der Waals surface area (Å²) in [5.74, 6) is -3.07. The molecule has 0 unspecified atom stereocenters. The lowest BCUT2D eigenvalue weighted by Crippen LogP contribution is -2.71. The minimum atomic E-state index is -1.13. The molecule has 5 aromatic carbocycles. The van der Waals surface area contributed by atoms with E-state index in [0.29, 0.717) is 20.8 Å². The van der Waals surface area contributed by atoms with Gasteiger partial charge >= 0.3 is 12.1 Å². The Morgan fingerprint density at radius 2 is 1.31 bits per heavy atom. The van der Waals surface area contributed by atoms with Crippen LogP contribution in [0.1, 0.15) is 65.2 Å². The Balaban J connectivity index is 0.973. The smallest absolute Gasteiger partial charge is 0.413 e. The standard InChI is InChI=1S/C52H45N7O7S4/c1-51(2,3)66-50(64)55-49-53-38(30-68-49)43(60)45(61)54-41-46(62)59-42(48(63)65-44(33-19-9-4-10-20-33)34-21-11-5-12-22-34)39(31-67-47(41)59)69-32-70-40-29-58(57-56-40)52(35-23-13-6-14-24-35,36-25-15-7-16-26-36)37-27-17-8-18-28-37/h4-30,41,44,47H,31-32H2,1-3H3,(H,54,61)(H,53,55,64)/t41-,47-/m1/s1. The van der Waals surface area contributed by atoms with Gasteiger partial charge in [0.05, 0.1) is 11.3 Å². The van der Waals surface area contributed by atoms with Crippen LogP contribution in [0.5, 0.6) is 0 Å². The number of thiazole rings is 1. The van der Waals surface area contributed by atoms with Crippen molar-refractivity contribution in [3.05, 3.63) is 207 Å². The van der Waals surface area contributed by atoms with Gasteiger partial charge in [0.25, 0.3) is 17.6 Å². The average molecular weight is 1010 g/mol. The number of amides is 3. The summed E-state index contributed by atoms with van der Waals surface area (Å²) in [5.41, 5.74) is 2.69. The Hall–Kier alpha value is -6.99. The number of Topliss-reactive ketones (excluding diaryl/α,β-unsaturated/α-hetero) is 1. The largest absolute Gasteiger partial charge is 0.448 e. The number of carbonyl (C=O) groups excluding carboxylic acids is 5. The molecule has 14 nitrogen and oxygen atoms in total. The molecule has 70 heavy (non-hydrogen) atoms. The molecule has 2 atom stereocenters. The zero-order chi connectivity index (χ0) is 48.8. The molecule has 0 bridgehead atoms.